The summed E-state index contributed by atoms with van der Waals surface area (Å²) in [5, 5.41) is 0.875. The van der Waals surface area contributed by atoms with Gasteiger partial charge >= 0.3 is 5.97 Å². The largest absolute Gasteiger partial charge is 0.468 e. The first-order chi connectivity index (χ1) is 9.10. The number of para-hydroxylation sites is 1. The molecule has 2 aromatic rings. The van der Waals surface area contributed by atoms with Gasteiger partial charge in [-0.15, -0.1) is 0 Å². The van der Waals surface area contributed by atoms with Crippen molar-refractivity contribution in [3.8, 4) is 0 Å². The predicted octanol–water partition coefficient (Wildman–Crippen LogP) is 2.61. The van der Waals surface area contributed by atoms with Gasteiger partial charge in [-0.3, -0.25) is 9.59 Å². The number of hydrogen-bond donors (Lipinski definition) is 1. The van der Waals surface area contributed by atoms with Crippen LogP contribution in [0.1, 0.15) is 28.9 Å². The molecule has 0 aliphatic heterocycles. The lowest BCUT2D eigenvalue weighted by molar-refractivity contribution is -0.145. The summed E-state index contributed by atoms with van der Waals surface area (Å²) in [6.45, 7) is 1.86. The van der Waals surface area contributed by atoms with Crippen molar-refractivity contribution in [3.05, 3.63) is 35.5 Å². The average Bonchev–Trinajstić information content (AvgIpc) is 3.15. The van der Waals surface area contributed by atoms with E-state index >= 15 is 0 Å². The predicted molar refractivity (Wildman–Crippen MR) is 71.0 cm³/mol. The summed E-state index contributed by atoms with van der Waals surface area (Å²) in [5.41, 5.74) is 1.41. The maximum atomic E-state index is 12.7. The third-order valence-corrected chi connectivity index (χ3v) is 3.88. The molecular formula is C15H15NO3. The monoisotopic (exact) mass is 257 g/mol. The molecule has 4 heteroatoms. The highest BCUT2D eigenvalue weighted by molar-refractivity contribution is 6.20. The van der Waals surface area contributed by atoms with Crippen molar-refractivity contribution in [2.45, 2.75) is 19.8 Å². The van der Waals surface area contributed by atoms with Gasteiger partial charge in [-0.1, -0.05) is 18.2 Å². The van der Waals surface area contributed by atoms with Gasteiger partial charge in [0.25, 0.3) is 0 Å². The van der Waals surface area contributed by atoms with E-state index < -0.39 is 11.4 Å². The second kappa shape index (κ2) is 3.95. The number of carbonyl (C=O) groups is 2. The number of esters is 1. The van der Waals surface area contributed by atoms with Crippen molar-refractivity contribution in [2.75, 3.05) is 7.11 Å². The zero-order valence-electron chi connectivity index (χ0n) is 10.9. The molecule has 1 aliphatic carbocycles. The minimum atomic E-state index is -0.940. The number of H-pyrrole nitrogens is 1. The molecule has 4 nitrogen and oxygen atoms in total. The smallest absolute Gasteiger partial charge is 0.319 e. The SMILES string of the molecule is COC(=O)C1(C(=O)c2c(C)[nH]c3ccccc23)CC1. The number of aromatic nitrogens is 1. The molecular weight excluding hydrogens is 242 g/mol. The minimum Gasteiger partial charge on any atom is -0.468 e. The number of fused-ring (bicyclic) bond motifs is 1. The van der Waals surface area contributed by atoms with Gasteiger partial charge in [0.2, 0.25) is 0 Å². The maximum Gasteiger partial charge on any atom is 0.319 e. The van der Waals surface area contributed by atoms with Crippen LogP contribution in [0.5, 0.6) is 0 Å². The molecule has 1 aromatic heterocycles. The van der Waals surface area contributed by atoms with E-state index in [4.69, 9.17) is 4.74 Å². The lowest BCUT2D eigenvalue weighted by Gasteiger charge is -2.11. The summed E-state index contributed by atoms with van der Waals surface area (Å²) in [6, 6.07) is 7.64. The van der Waals surface area contributed by atoms with E-state index in [1.54, 1.807) is 0 Å². The Balaban J connectivity index is 2.13. The van der Waals surface area contributed by atoms with E-state index in [0.717, 1.165) is 16.6 Å². The number of benzene rings is 1. The number of rotatable bonds is 3. The van der Waals surface area contributed by atoms with Crippen LogP contribution in [0, 0.1) is 12.3 Å². The van der Waals surface area contributed by atoms with Crippen LogP contribution in [-0.2, 0) is 9.53 Å². The Bertz CT molecular complexity index is 680. The van der Waals surface area contributed by atoms with Crippen LogP contribution < -0.4 is 0 Å². The van der Waals surface area contributed by atoms with E-state index in [2.05, 4.69) is 4.98 Å². The number of aromatic amines is 1. The quantitative estimate of drug-likeness (QED) is 0.522. The number of Topliss-reactive ketones (excluding diaryl/α,β-unsaturated/α-hetero) is 1. The van der Waals surface area contributed by atoms with Crippen molar-refractivity contribution in [2.24, 2.45) is 5.41 Å². The van der Waals surface area contributed by atoms with Gasteiger partial charge in [0, 0.05) is 22.2 Å². The van der Waals surface area contributed by atoms with Crippen LogP contribution >= 0.6 is 0 Å². The number of hydrogen-bond acceptors (Lipinski definition) is 3. The fourth-order valence-corrected chi connectivity index (χ4v) is 2.65. The Kier molecular flexibility index (Phi) is 2.49. The summed E-state index contributed by atoms with van der Waals surface area (Å²) in [6.07, 6.45) is 1.16. The van der Waals surface area contributed by atoms with Crippen molar-refractivity contribution in [1.29, 1.82) is 0 Å². The summed E-state index contributed by atoms with van der Waals surface area (Å²) in [4.78, 5) is 27.7. The van der Waals surface area contributed by atoms with Gasteiger partial charge in [-0.05, 0) is 25.8 Å². The van der Waals surface area contributed by atoms with E-state index in [0.29, 0.717) is 18.4 Å². The molecule has 1 fully saturated rings. The number of carbonyl (C=O) groups excluding carboxylic acids is 2. The van der Waals surface area contributed by atoms with Gasteiger partial charge in [0.05, 0.1) is 7.11 Å². The van der Waals surface area contributed by atoms with Crippen molar-refractivity contribution in [1.82, 2.24) is 4.98 Å². The Morgan fingerprint density at radius 2 is 1.95 bits per heavy atom. The molecule has 1 aliphatic rings. The molecule has 0 unspecified atom stereocenters. The zero-order valence-corrected chi connectivity index (χ0v) is 10.9. The van der Waals surface area contributed by atoms with Gasteiger partial charge in [-0.2, -0.15) is 0 Å². The molecule has 3 rings (SSSR count). The van der Waals surface area contributed by atoms with Crippen LogP contribution in [0.3, 0.4) is 0 Å². The van der Waals surface area contributed by atoms with Crippen LogP contribution in [0.15, 0.2) is 24.3 Å². The number of aryl methyl sites for hydroxylation is 1. The Morgan fingerprint density at radius 3 is 2.58 bits per heavy atom. The molecule has 98 valence electrons. The van der Waals surface area contributed by atoms with Crippen molar-refractivity contribution < 1.29 is 14.3 Å². The highest BCUT2D eigenvalue weighted by Gasteiger charge is 2.58. The third-order valence-electron chi connectivity index (χ3n) is 3.88. The molecule has 0 atom stereocenters. The molecule has 0 spiro atoms. The van der Waals surface area contributed by atoms with Gasteiger partial charge in [0.15, 0.2) is 5.78 Å². The molecule has 1 N–H and O–H groups in total. The van der Waals surface area contributed by atoms with Crippen molar-refractivity contribution >= 4 is 22.7 Å². The van der Waals surface area contributed by atoms with E-state index in [9.17, 15) is 9.59 Å². The van der Waals surface area contributed by atoms with Crippen LogP contribution in [0.2, 0.25) is 0 Å². The summed E-state index contributed by atoms with van der Waals surface area (Å²) in [5.74, 6) is -0.531. The van der Waals surface area contributed by atoms with Crippen molar-refractivity contribution in [3.63, 3.8) is 0 Å². The molecule has 19 heavy (non-hydrogen) atoms. The van der Waals surface area contributed by atoms with E-state index in [1.807, 2.05) is 31.2 Å². The second-order valence-electron chi connectivity index (χ2n) is 5.07. The lowest BCUT2D eigenvalue weighted by atomic mass is 9.93. The minimum absolute atomic E-state index is 0.116. The zero-order chi connectivity index (χ0) is 13.6. The second-order valence-corrected chi connectivity index (χ2v) is 5.07. The number of nitrogens with one attached hydrogen (secondary N) is 1. The first-order valence-corrected chi connectivity index (χ1v) is 6.31. The highest BCUT2D eigenvalue weighted by Crippen LogP contribution is 2.50. The molecule has 0 amide bonds. The molecule has 1 heterocycles. The Morgan fingerprint density at radius 1 is 1.26 bits per heavy atom. The van der Waals surface area contributed by atoms with Gasteiger partial charge < -0.3 is 9.72 Å². The first-order valence-electron chi connectivity index (χ1n) is 6.31. The first kappa shape index (κ1) is 12.0. The number of ether oxygens (including phenoxy) is 1. The standard InChI is InChI=1S/C15H15NO3/c1-9-12(10-5-3-4-6-11(10)16-9)13(17)15(7-8-15)14(18)19-2/h3-6,16H,7-8H2,1-2H3. The molecule has 1 saturated carbocycles. The molecule has 1 aromatic carbocycles. The molecule has 0 saturated heterocycles. The van der Waals surface area contributed by atoms with E-state index in [1.165, 1.54) is 7.11 Å². The van der Waals surface area contributed by atoms with Gasteiger partial charge in [0.1, 0.15) is 5.41 Å². The number of ketones is 1. The third kappa shape index (κ3) is 1.59. The lowest BCUT2D eigenvalue weighted by Crippen LogP contribution is -2.27. The van der Waals surface area contributed by atoms with Crippen LogP contribution in [-0.4, -0.2) is 23.8 Å². The normalized spacial score (nSPS) is 16.3. The summed E-state index contributed by atoms with van der Waals surface area (Å²) < 4.78 is 4.78. The molecule has 0 radical (unpaired) electrons. The Labute approximate surface area is 110 Å². The van der Waals surface area contributed by atoms with Crippen LogP contribution in [0.25, 0.3) is 10.9 Å². The van der Waals surface area contributed by atoms with Crippen LogP contribution in [0.4, 0.5) is 0 Å². The van der Waals surface area contributed by atoms with E-state index in [-0.39, 0.29) is 5.78 Å². The fraction of sp³-hybridized carbons (Fsp3) is 0.333. The average molecular weight is 257 g/mol. The number of methoxy groups -OCH3 is 1. The summed E-state index contributed by atoms with van der Waals surface area (Å²) >= 11 is 0. The highest BCUT2D eigenvalue weighted by atomic mass is 16.5. The Hall–Kier alpha value is -2.10. The summed E-state index contributed by atoms with van der Waals surface area (Å²) in [7, 11) is 1.33. The topological polar surface area (TPSA) is 59.2 Å². The maximum absolute atomic E-state index is 12.7. The fourth-order valence-electron chi connectivity index (χ4n) is 2.65. The van der Waals surface area contributed by atoms with Gasteiger partial charge in [-0.25, -0.2) is 0 Å². The molecule has 0 bridgehead atoms.